The highest BCUT2D eigenvalue weighted by Gasteiger charge is 2.29. The van der Waals surface area contributed by atoms with Crippen molar-refractivity contribution in [2.75, 3.05) is 55.0 Å². The molecule has 1 amide bonds. The third kappa shape index (κ3) is 5.24. The highest BCUT2D eigenvalue weighted by Crippen LogP contribution is 2.40. The molecule has 0 spiro atoms. The molecule has 2 aliphatic rings. The molecule has 2 N–H and O–H groups in total. The van der Waals surface area contributed by atoms with E-state index in [4.69, 9.17) is 9.47 Å². The van der Waals surface area contributed by atoms with Gasteiger partial charge in [-0.3, -0.25) is 4.79 Å². The first-order valence-corrected chi connectivity index (χ1v) is 12.1. The lowest BCUT2D eigenvalue weighted by molar-refractivity contribution is -0.114. The molecule has 1 saturated heterocycles. The zero-order valence-corrected chi connectivity index (χ0v) is 19.6. The van der Waals surface area contributed by atoms with Crippen LogP contribution in [0.25, 0.3) is 0 Å². The number of anilines is 3. The Bertz CT molecular complexity index is 951. The average Bonchev–Trinajstić information content (AvgIpc) is 3.15. The van der Waals surface area contributed by atoms with E-state index in [9.17, 15) is 9.59 Å². The molecule has 1 fully saturated rings. The van der Waals surface area contributed by atoms with Crippen LogP contribution in [-0.2, 0) is 27.1 Å². The van der Waals surface area contributed by atoms with Crippen molar-refractivity contribution < 1.29 is 19.1 Å². The second kappa shape index (κ2) is 10.4. The van der Waals surface area contributed by atoms with Crippen LogP contribution in [-0.4, -0.2) is 51.3 Å². The number of hydrogen-bond donors (Lipinski definition) is 2. The maximum Gasteiger partial charge on any atom is 0.341 e. The zero-order valence-electron chi connectivity index (χ0n) is 18.7. The summed E-state index contributed by atoms with van der Waals surface area (Å²) in [6, 6.07) is 8.07. The molecule has 1 aliphatic heterocycles. The molecule has 32 heavy (non-hydrogen) atoms. The van der Waals surface area contributed by atoms with Gasteiger partial charge in [-0.05, 0) is 61.9 Å². The number of carbonyl (C=O) groups is 2. The Morgan fingerprint density at radius 2 is 1.97 bits per heavy atom. The van der Waals surface area contributed by atoms with E-state index in [0.29, 0.717) is 23.1 Å². The van der Waals surface area contributed by atoms with E-state index in [-0.39, 0.29) is 18.4 Å². The van der Waals surface area contributed by atoms with Gasteiger partial charge in [0.15, 0.2) is 0 Å². The number of carbonyl (C=O) groups excluding carboxylic acids is 2. The molecule has 0 radical (unpaired) electrons. The van der Waals surface area contributed by atoms with Crippen molar-refractivity contribution in [3.63, 3.8) is 0 Å². The number of thiophene rings is 1. The summed E-state index contributed by atoms with van der Waals surface area (Å²) >= 11 is 1.51. The smallest absolute Gasteiger partial charge is 0.341 e. The first kappa shape index (κ1) is 22.6. The van der Waals surface area contributed by atoms with E-state index >= 15 is 0 Å². The number of esters is 1. The minimum atomic E-state index is -0.346. The molecule has 2 aromatic rings. The molecule has 1 aliphatic carbocycles. The number of nitrogens with zero attached hydrogens (tertiary/aromatic N) is 1. The molecule has 1 atom stereocenters. The Hall–Kier alpha value is -2.58. The van der Waals surface area contributed by atoms with Crippen LogP contribution in [0.5, 0.6) is 0 Å². The fraction of sp³-hybridized carbons (Fsp3) is 0.500. The summed E-state index contributed by atoms with van der Waals surface area (Å²) in [7, 11) is 0. The maximum atomic E-state index is 12.7. The fourth-order valence-electron chi connectivity index (χ4n) is 4.22. The largest absolute Gasteiger partial charge is 0.462 e. The third-order valence-electron chi connectivity index (χ3n) is 5.94. The Balaban J connectivity index is 1.39. The van der Waals surface area contributed by atoms with Crippen LogP contribution in [0.2, 0.25) is 0 Å². The van der Waals surface area contributed by atoms with Gasteiger partial charge in [-0.25, -0.2) is 4.79 Å². The van der Waals surface area contributed by atoms with Crippen LogP contribution in [0.3, 0.4) is 0 Å². The van der Waals surface area contributed by atoms with Crippen molar-refractivity contribution in [3.05, 3.63) is 40.3 Å². The van der Waals surface area contributed by atoms with Crippen molar-refractivity contribution in [1.29, 1.82) is 0 Å². The van der Waals surface area contributed by atoms with Crippen molar-refractivity contribution in [2.45, 2.75) is 33.1 Å². The number of amides is 1. The van der Waals surface area contributed by atoms with Crippen molar-refractivity contribution >= 4 is 39.6 Å². The van der Waals surface area contributed by atoms with Crippen molar-refractivity contribution in [3.8, 4) is 0 Å². The molecular weight excluding hydrogens is 426 g/mol. The highest BCUT2D eigenvalue weighted by molar-refractivity contribution is 7.17. The summed E-state index contributed by atoms with van der Waals surface area (Å²) in [5, 5.41) is 6.73. The fourth-order valence-corrected chi connectivity index (χ4v) is 5.64. The normalized spacial score (nSPS) is 18.1. The first-order valence-electron chi connectivity index (χ1n) is 11.3. The SMILES string of the molecule is CCOC(=O)c1c(NC(=O)CNc2ccc(N3CCOCC3)cc2)sc2c1CCC(C)C2. The van der Waals surface area contributed by atoms with Crippen LogP contribution >= 0.6 is 11.3 Å². The molecule has 172 valence electrons. The number of nitrogens with one attached hydrogen (secondary N) is 2. The van der Waals surface area contributed by atoms with Gasteiger partial charge in [0, 0.05) is 29.3 Å². The third-order valence-corrected chi connectivity index (χ3v) is 7.11. The maximum absolute atomic E-state index is 12.7. The van der Waals surface area contributed by atoms with Gasteiger partial charge in [-0.1, -0.05) is 6.92 Å². The van der Waals surface area contributed by atoms with E-state index in [1.807, 2.05) is 12.1 Å². The summed E-state index contributed by atoms with van der Waals surface area (Å²) in [6.45, 7) is 7.74. The Labute approximate surface area is 193 Å². The lowest BCUT2D eigenvalue weighted by Crippen LogP contribution is -2.36. The first-order chi connectivity index (χ1) is 15.5. The number of hydrogen-bond acceptors (Lipinski definition) is 7. The molecule has 0 bridgehead atoms. The van der Waals surface area contributed by atoms with E-state index in [1.54, 1.807) is 6.92 Å². The Morgan fingerprint density at radius 1 is 1.22 bits per heavy atom. The van der Waals surface area contributed by atoms with E-state index in [0.717, 1.165) is 62.5 Å². The average molecular weight is 458 g/mol. The summed E-state index contributed by atoms with van der Waals surface area (Å²) in [6.07, 6.45) is 2.84. The molecule has 1 unspecified atom stereocenters. The van der Waals surface area contributed by atoms with Crippen molar-refractivity contribution in [1.82, 2.24) is 0 Å². The molecular formula is C24H31N3O4S. The van der Waals surface area contributed by atoms with E-state index in [1.165, 1.54) is 16.2 Å². The van der Waals surface area contributed by atoms with E-state index in [2.05, 4.69) is 34.6 Å². The topological polar surface area (TPSA) is 79.9 Å². The number of rotatable bonds is 7. The molecule has 7 nitrogen and oxygen atoms in total. The number of ether oxygens (including phenoxy) is 2. The summed E-state index contributed by atoms with van der Waals surface area (Å²) < 4.78 is 10.7. The van der Waals surface area contributed by atoms with Gasteiger partial charge in [0.1, 0.15) is 5.00 Å². The lowest BCUT2D eigenvalue weighted by atomic mass is 9.88. The molecule has 4 rings (SSSR count). The van der Waals surface area contributed by atoms with Crippen LogP contribution in [0.15, 0.2) is 24.3 Å². The summed E-state index contributed by atoms with van der Waals surface area (Å²) in [5.41, 5.74) is 3.62. The molecule has 8 heteroatoms. The van der Waals surface area contributed by atoms with Gasteiger partial charge in [-0.15, -0.1) is 11.3 Å². The second-order valence-electron chi connectivity index (χ2n) is 8.32. The van der Waals surface area contributed by atoms with Crippen LogP contribution < -0.4 is 15.5 Å². The lowest BCUT2D eigenvalue weighted by Gasteiger charge is -2.28. The van der Waals surface area contributed by atoms with Gasteiger partial charge in [0.05, 0.1) is 31.9 Å². The Kier molecular flexibility index (Phi) is 7.32. The monoisotopic (exact) mass is 457 g/mol. The predicted molar refractivity (Wildman–Crippen MR) is 128 cm³/mol. The zero-order chi connectivity index (χ0) is 22.5. The van der Waals surface area contributed by atoms with Gasteiger partial charge < -0.3 is 25.0 Å². The molecule has 1 aromatic heterocycles. The standard InChI is InChI=1S/C24H31N3O4S/c1-3-31-24(29)22-19-9-4-16(2)14-20(19)32-23(22)26-21(28)15-25-17-5-7-18(8-6-17)27-10-12-30-13-11-27/h5-8,16,25H,3-4,9-15H2,1-2H3,(H,26,28). The second-order valence-corrected chi connectivity index (χ2v) is 9.43. The molecule has 2 heterocycles. The number of benzene rings is 1. The summed E-state index contributed by atoms with van der Waals surface area (Å²) in [4.78, 5) is 28.8. The van der Waals surface area contributed by atoms with Crippen LogP contribution in [0, 0.1) is 5.92 Å². The van der Waals surface area contributed by atoms with Crippen LogP contribution in [0.1, 0.15) is 41.1 Å². The number of fused-ring (bicyclic) bond motifs is 1. The molecule has 0 saturated carbocycles. The van der Waals surface area contributed by atoms with Gasteiger partial charge in [0.25, 0.3) is 0 Å². The highest BCUT2D eigenvalue weighted by atomic mass is 32.1. The number of morpholine rings is 1. The quantitative estimate of drug-likeness (QED) is 0.613. The van der Waals surface area contributed by atoms with Crippen molar-refractivity contribution in [2.24, 2.45) is 5.92 Å². The van der Waals surface area contributed by atoms with Gasteiger partial charge in [-0.2, -0.15) is 0 Å². The summed E-state index contributed by atoms with van der Waals surface area (Å²) in [5.74, 6) is 0.0582. The molecule has 1 aromatic carbocycles. The van der Waals surface area contributed by atoms with Crippen LogP contribution in [0.4, 0.5) is 16.4 Å². The predicted octanol–water partition coefficient (Wildman–Crippen LogP) is 3.94. The minimum absolute atomic E-state index is 0.123. The van der Waals surface area contributed by atoms with Gasteiger partial charge >= 0.3 is 5.97 Å². The van der Waals surface area contributed by atoms with E-state index < -0.39 is 0 Å². The van der Waals surface area contributed by atoms with Gasteiger partial charge in [0.2, 0.25) is 5.91 Å². The minimum Gasteiger partial charge on any atom is -0.462 e. The Morgan fingerprint density at radius 3 is 2.69 bits per heavy atom.